The highest BCUT2D eigenvalue weighted by Crippen LogP contribution is 2.45. The van der Waals surface area contributed by atoms with Crippen molar-refractivity contribution < 1.29 is 80.2 Å². The molecule has 0 saturated heterocycles. The van der Waals surface area contributed by atoms with Crippen LogP contribution < -0.4 is 0 Å². The highest BCUT2D eigenvalue weighted by atomic mass is 31.2. The molecule has 0 aromatic carbocycles. The Morgan fingerprint density at radius 3 is 0.642 bits per heavy atom. The molecular formula is C87H170O17P2. The summed E-state index contributed by atoms with van der Waals surface area (Å²) in [5.74, 6) is -0.611. The molecule has 630 valence electrons. The highest BCUT2D eigenvalue weighted by molar-refractivity contribution is 7.47. The van der Waals surface area contributed by atoms with Crippen molar-refractivity contribution in [2.75, 3.05) is 39.6 Å². The summed E-state index contributed by atoms with van der Waals surface area (Å²) >= 11 is 0. The monoisotopic (exact) mass is 1550 g/mol. The maximum Gasteiger partial charge on any atom is 0.472 e. The number of rotatable bonds is 86. The molecule has 0 rings (SSSR count). The lowest BCUT2D eigenvalue weighted by molar-refractivity contribution is -0.161. The zero-order chi connectivity index (χ0) is 77.8. The van der Waals surface area contributed by atoms with E-state index in [1.165, 1.54) is 276 Å². The first-order valence-electron chi connectivity index (χ1n) is 45.0. The molecule has 0 aliphatic heterocycles. The maximum atomic E-state index is 13.2. The van der Waals surface area contributed by atoms with Crippen molar-refractivity contribution in [3.8, 4) is 0 Å². The van der Waals surface area contributed by atoms with Crippen LogP contribution in [0, 0.1) is 11.8 Å². The number of carbonyl (C=O) groups is 4. The van der Waals surface area contributed by atoms with Crippen LogP contribution in [-0.4, -0.2) is 96.7 Å². The minimum Gasteiger partial charge on any atom is -0.462 e. The van der Waals surface area contributed by atoms with Crippen molar-refractivity contribution in [3.63, 3.8) is 0 Å². The average molecular weight is 1550 g/mol. The Morgan fingerprint density at radius 2 is 0.434 bits per heavy atom. The van der Waals surface area contributed by atoms with Crippen LogP contribution in [0.1, 0.15) is 465 Å². The molecule has 0 aliphatic rings. The van der Waals surface area contributed by atoms with Crippen LogP contribution in [0.25, 0.3) is 0 Å². The molecule has 2 unspecified atom stereocenters. The Balaban J connectivity index is 5.21. The number of aliphatic hydroxyl groups is 1. The Labute approximate surface area is 651 Å². The fourth-order valence-electron chi connectivity index (χ4n) is 13.6. The molecule has 0 fully saturated rings. The molecule has 3 N–H and O–H groups in total. The second-order valence-electron chi connectivity index (χ2n) is 32.2. The largest absolute Gasteiger partial charge is 0.472 e. The van der Waals surface area contributed by atoms with Crippen molar-refractivity contribution in [2.45, 2.75) is 484 Å². The van der Waals surface area contributed by atoms with Crippen molar-refractivity contribution in [1.29, 1.82) is 0 Å². The minimum absolute atomic E-state index is 0.108. The molecule has 0 saturated carbocycles. The van der Waals surface area contributed by atoms with Gasteiger partial charge in [-0.2, -0.15) is 0 Å². The van der Waals surface area contributed by atoms with E-state index in [2.05, 4.69) is 41.5 Å². The lowest BCUT2D eigenvalue weighted by Gasteiger charge is -2.21. The zero-order valence-electron chi connectivity index (χ0n) is 69.7. The number of ether oxygens (including phenoxy) is 4. The van der Waals surface area contributed by atoms with Crippen LogP contribution in [0.2, 0.25) is 0 Å². The molecule has 5 atom stereocenters. The normalized spacial score (nSPS) is 13.8. The fourth-order valence-corrected chi connectivity index (χ4v) is 15.2. The Hall–Kier alpha value is -1.94. The van der Waals surface area contributed by atoms with Crippen LogP contribution in [0.15, 0.2) is 0 Å². The van der Waals surface area contributed by atoms with Gasteiger partial charge in [0.25, 0.3) is 0 Å². The first-order chi connectivity index (χ1) is 51.4. The molecule has 0 spiro atoms. The molecule has 0 radical (unpaired) electrons. The summed E-state index contributed by atoms with van der Waals surface area (Å²) in [7, 11) is -9.93. The summed E-state index contributed by atoms with van der Waals surface area (Å²) in [4.78, 5) is 73.2. The predicted octanol–water partition coefficient (Wildman–Crippen LogP) is 26.6. The molecule has 0 bridgehead atoms. The minimum atomic E-state index is -4.97. The molecule has 106 heavy (non-hydrogen) atoms. The smallest absolute Gasteiger partial charge is 0.462 e. The van der Waals surface area contributed by atoms with Gasteiger partial charge < -0.3 is 33.8 Å². The van der Waals surface area contributed by atoms with Gasteiger partial charge in [-0.3, -0.25) is 37.3 Å². The third kappa shape index (κ3) is 80.1. The van der Waals surface area contributed by atoms with Gasteiger partial charge in [0.05, 0.1) is 26.4 Å². The van der Waals surface area contributed by atoms with Gasteiger partial charge in [0.2, 0.25) is 0 Å². The van der Waals surface area contributed by atoms with Gasteiger partial charge in [-0.15, -0.1) is 0 Å². The van der Waals surface area contributed by atoms with E-state index in [4.69, 9.17) is 37.0 Å². The number of phosphoric ester groups is 2. The molecule has 0 aromatic rings. The summed E-state index contributed by atoms with van der Waals surface area (Å²) in [6.07, 6.45) is 71.1. The van der Waals surface area contributed by atoms with Crippen LogP contribution in [0.3, 0.4) is 0 Å². The van der Waals surface area contributed by atoms with Crippen LogP contribution in [0.5, 0.6) is 0 Å². The number of carbonyl (C=O) groups excluding carboxylic acids is 4. The SMILES string of the molecule is CCCCCCCCCCCCCCCCCCCCCCC(=O)O[C@H](COC(=O)CCCCCCCCCCCCCCCCCCC(C)C)COP(=O)(O)OC[C@@H](O)COP(=O)(O)OC[C@@H](COC(=O)CCCCCCCCC(C)C)OC(=O)CCCCCCCCCCCCCCCCCCCC. The van der Waals surface area contributed by atoms with E-state index < -0.39 is 97.5 Å². The molecule has 0 aliphatic carbocycles. The Bertz CT molecular complexity index is 2030. The van der Waals surface area contributed by atoms with Crippen molar-refractivity contribution in [2.24, 2.45) is 11.8 Å². The van der Waals surface area contributed by atoms with E-state index in [0.717, 1.165) is 102 Å². The topological polar surface area (TPSA) is 237 Å². The number of unbranched alkanes of at least 4 members (excludes halogenated alkanes) is 56. The summed E-state index contributed by atoms with van der Waals surface area (Å²) in [6.45, 7) is 9.63. The van der Waals surface area contributed by atoms with Crippen LogP contribution >= 0.6 is 15.6 Å². The van der Waals surface area contributed by atoms with E-state index in [0.29, 0.717) is 31.6 Å². The molecule has 19 heteroatoms. The van der Waals surface area contributed by atoms with Crippen molar-refractivity contribution in [1.82, 2.24) is 0 Å². The lowest BCUT2D eigenvalue weighted by Crippen LogP contribution is -2.30. The van der Waals surface area contributed by atoms with Crippen molar-refractivity contribution >= 4 is 39.5 Å². The second-order valence-corrected chi connectivity index (χ2v) is 35.1. The number of phosphoric acid groups is 2. The predicted molar refractivity (Wildman–Crippen MR) is 437 cm³/mol. The number of hydrogen-bond acceptors (Lipinski definition) is 15. The average Bonchev–Trinajstić information content (AvgIpc) is 0.914. The molecule has 0 aromatic heterocycles. The van der Waals surface area contributed by atoms with Crippen LogP contribution in [0.4, 0.5) is 0 Å². The summed E-state index contributed by atoms with van der Waals surface area (Å²) in [5, 5.41) is 10.7. The molecular weight excluding hydrogens is 1380 g/mol. The maximum absolute atomic E-state index is 13.2. The van der Waals surface area contributed by atoms with Gasteiger partial charge in [-0.1, -0.05) is 414 Å². The third-order valence-electron chi connectivity index (χ3n) is 20.5. The van der Waals surface area contributed by atoms with Crippen molar-refractivity contribution in [3.05, 3.63) is 0 Å². The van der Waals surface area contributed by atoms with Gasteiger partial charge in [-0.25, -0.2) is 9.13 Å². The summed E-state index contributed by atoms with van der Waals surface area (Å²) < 4.78 is 68.9. The first kappa shape index (κ1) is 104. The van der Waals surface area contributed by atoms with E-state index in [-0.39, 0.29) is 25.7 Å². The molecule has 17 nitrogen and oxygen atoms in total. The van der Waals surface area contributed by atoms with E-state index >= 15 is 0 Å². The Kier molecular flexibility index (Phi) is 76.9. The van der Waals surface area contributed by atoms with Gasteiger partial charge in [0.15, 0.2) is 12.2 Å². The van der Waals surface area contributed by atoms with E-state index in [1.807, 2.05) is 0 Å². The summed E-state index contributed by atoms with van der Waals surface area (Å²) in [6, 6.07) is 0. The third-order valence-corrected chi connectivity index (χ3v) is 22.4. The zero-order valence-corrected chi connectivity index (χ0v) is 71.5. The van der Waals surface area contributed by atoms with E-state index in [9.17, 15) is 43.2 Å². The fraction of sp³-hybridized carbons (Fsp3) is 0.954. The molecule has 0 heterocycles. The number of hydrogen-bond donors (Lipinski definition) is 3. The summed E-state index contributed by atoms with van der Waals surface area (Å²) in [5.41, 5.74) is 0. The quantitative estimate of drug-likeness (QED) is 0.0222. The number of aliphatic hydroxyl groups excluding tert-OH is 1. The van der Waals surface area contributed by atoms with Gasteiger partial charge in [0.1, 0.15) is 19.3 Å². The first-order valence-corrected chi connectivity index (χ1v) is 48.0. The van der Waals surface area contributed by atoms with Crippen LogP contribution in [-0.2, 0) is 65.4 Å². The second kappa shape index (κ2) is 78.3. The Morgan fingerprint density at radius 1 is 0.255 bits per heavy atom. The highest BCUT2D eigenvalue weighted by Gasteiger charge is 2.30. The van der Waals surface area contributed by atoms with Gasteiger partial charge in [-0.05, 0) is 37.5 Å². The van der Waals surface area contributed by atoms with Gasteiger partial charge in [0, 0.05) is 25.7 Å². The lowest BCUT2D eigenvalue weighted by atomic mass is 10.0. The standard InChI is InChI=1S/C87H170O17P2/c1-7-9-11-13-15-17-19-21-23-25-27-28-30-36-40-44-48-52-60-65-71-86(91)103-82(75-97-84(89)69-63-57-50-46-42-38-34-32-31-33-37-41-45-49-55-61-67-79(3)4)77-101-105(93,94)99-73-81(88)74-100-106(95,96)102-78-83(76-98-85(90)70-64-58-54-53-56-62-68-80(5)6)104-87(92)72-66-59-51-47-43-39-35-29-26-24-22-20-18-16-14-12-10-8-2/h79-83,88H,7-78H2,1-6H3,(H,93,94)(H,95,96)/t81-,82-,83-/m1/s1. The molecule has 0 amide bonds. The number of esters is 4. The van der Waals surface area contributed by atoms with Gasteiger partial charge >= 0.3 is 39.5 Å². The van der Waals surface area contributed by atoms with E-state index in [1.54, 1.807) is 0 Å².